The first-order valence-corrected chi connectivity index (χ1v) is 11.2. The number of nitrogens with zero attached hydrogens (tertiary/aromatic N) is 4. The van der Waals surface area contributed by atoms with Crippen LogP contribution in [0.3, 0.4) is 0 Å². The van der Waals surface area contributed by atoms with Crippen LogP contribution in [-0.4, -0.2) is 43.4 Å². The molecule has 28 heavy (non-hydrogen) atoms. The van der Waals surface area contributed by atoms with Gasteiger partial charge in [-0.25, -0.2) is 0 Å². The summed E-state index contributed by atoms with van der Waals surface area (Å²) in [6.45, 7) is 6.72. The maximum Gasteiger partial charge on any atom is 0.233 e. The molecule has 0 aromatic carbocycles. The van der Waals surface area contributed by atoms with E-state index < -0.39 is 0 Å². The molecule has 6 nitrogen and oxygen atoms in total. The summed E-state index contributed by atoms with van der Waals surface area (Å²) in [5.41, 5.74) is 0. The van der Waals surface area contributed by atoms with E-state index in [1.54, 1.807) is 12.3 Å². The van der Waals surface area contributed by atoms with Gasteiger partial charge in [0.15, 0.2) is 10.9 Å². The van der Waals surface area contributed by atoms with Crippen molar-refractivity contribution < 1.29 is 9.21 Å². The molecule has 2 aliphatic rings. The molecule has 0 spiro atoms. The molecular weight excluding hydrogens is 372 g/mol. The summed E-state index contributed by atoms with van der Waals surface area (Å²) in [5, 5.41) is 9.30. The molecule has 1 amide bonds. The zero-order valence-electron chi connectivity index (χ0n) is 16.4. The summed E-state index contributed by atoms with van der Waals surface area (Å²) in [7, 11) is 0. The van der Waals surface area contributed by atoms with E-state index in [1.165, 1.54) is 24.6 Å². The summed E-state index contributed by atoms with van der Waals surface area (Å²) in [5.74, 6) is 2.76. The Morgan fingerprint density at radius 3 is 2.61 bits per heavy atom. The normalized spacial score (nSPS) is 22.2. The fourth-order valence-corrected chi connectivity index (χ4v) is 4.87. The fraction of sp³-hybridized carbons (Fsp3) is 0.571. The molecule has 0 atom stereocenters. The van der Waals surface area contributed by atoms with Crippen molar-refractivity contribution in [2.45, 2.75) is 69.2 Å². The van der Waals surface area contributed by atoms with Crippen LogP contribution in [0, 0.1) is 5.92 Å². The Kier molecular flexibility index (Phi) is 5.90. The van der Waals surface area contributed by atoms with Crippen LogP contribution in [0.25, 0.3) is 11.6 Å². The number of rotatable bonds is 8. The predicted molar refractivity (Wildman–Crippen MR) is 110 cm³/mol. The molecule has 4 rings (SSSR count). The van der Waals surface area contributed by atoms with E-state index in [0.717, 1.165) is 36.8 Å². The van der Waals surface area contributed by atoms with Gasteiger partial charge in [-0.2, -0.15) is 0 Å². The van der Waals surface area contributed by atoms with Crippen molar-refractivity contribution in [3.05, 3.63) is 31.1 Å². The maximum atomic E-state index is 13.1. The molecule has 0 radical (unpaired) electrons. The third kappa shape index (κ3) is 4.19. The van der Waals surface area contributed by atoms with Gasteiger partial charge in [-0.05, 0) is 56.6 Å². The number of aromatic nitrogens is 3. The van der Waals surface area contributed by atoms with E-state index in [0.29, 0.717) is 36.0 Å². The number of furan rings is 1. The third-order valence-corrected chi connectivity index (χ3v) is 6.65. The average Bonchev–Trinajstić information content (AvgIpc) is 3.21. The van der Waals surface area contributed by atoms with Gasteiger partial charge in [-0.15, -0.1) is 16.8 Å². The van der Waals surface area contributed by atoms with Gasteiger partial charge < -0.3 is 9.32 Å². The first-order valence-electron chi connectivity index (χ1n) is 10.2. The van der Waals surface area contributed by atoms with E-state index in [2.05, 4.69) is 28.6 Å². The molecule has 7 heteroatoms. The molecular formula is C21H28N4O2S. The van der Waals surface area contributed by atoms with Gasteiger partial charge in [0.05, 0.1) is 12.0 Å². The van der Waals surface area contributed by atoms with Crippen LogP contribution < -0.4 is 0 Å². The molecule has 0 aliphatic heterocycles. The van der Waals surface area contributed by atoms with Gasteiger partial charge in [0, 0.05) is 18.6 Å². The summed E-state index contributed by atoms with van der Waals surface area (Å²) < 4.78 is 7.42. The summed E-state index contributed by atoms with van der Waals surface area (Å²) in [4.78, 5) is 15.3. The number of hydrogen-bond donors (Lipinski definition) is 0. The average molecular weight is 401 g/mol. The molecule has 150 valence electrons. The Bertz CT molecular complexity index is 804. The van der Waals surface area contributed by atoms with E-state index >= 15 is 0 Å². The number of thioether (sulfide) groups is 1. The van der Waals surface area contributed by atoms with Crippen molar-refractivity contribution in [1.82, 2.24) is 19.7 Å². The highest BCUT2D eigenvalue weighted by Crippen LogP contribution is 2.36. The van der Waals surface area contributed by atoms with Gasteiger partial charge in [-0.1, -0.05) is 24.8 Å². The van der Waals surface area contributed by atoms with Gasteiger partial charge in [0.25, 0.3) is 0 Å². The summed E-state index contributed by atoms with van der Waals surface area (Å²) in [6, 6.07) is 4.57. The molecule has 2 saturated carbocycles. The van der Waals surface area contributed by atoms with Crippen LogP contribution in [-0.2, 0) is 11.3 Å². The van der Waals surface area contributed by atoms with Crippen molar-refractivity contribution in [3.8, 4) is 11.6 Å². The first-order chi connectivity index (χ1) is 13.7. The Morgan fingerprint density at radius 2 is 2.00 bits per heavy atom. The van der Waals surface area contributed by atoms with Crippen LogP contribution in [0.1, 0.15) is 45.4 Å². The van der Waals surface area contributed by atoms with Crippen molar-refractivity contribution in [2.24, 2.45) is 5.92 Å². The number of amides is 1. The quantitative estimate of drug-likeness (QED) is 0.486. The fourth-order valence-electron chi connectivity index (χ4n) is 4.06. The number of carbonyl (C=O) groups is 1. The lowest BCUT2D eigenvalue weighted by atomic mass is 9.86. The smallest absolute Gasteiger partial charge is 0.233 e. The van der Waals surface area contributed by atoms with Gasteiger partial charge in [-0.3, -0.25) is 9.36 Å². The van der Waals surface area contributed by atoms with E-state index in [4.69, 9.17) is 4.42 Å². The minimum Gasteiger partial charge on any atom is -0.461 e. The van der Waals surface area contributed by atoms with Gasteiger partial charge in [0.1, 0.15) is 0 Å². The van der Waals surface area contributed by atoms with Crippen molar-refractivity contribution in [2.75, 3.05) is 5.75 Å². The molecule has 2 aromatic heterocycles. The summed E-state index contributed by atoms with van der Waals surface area (Å²) in [6.07, 6.45) is 10.5. The SMILES string of the molecule is C=CCn1c(SCC(=O)N(C2CCC(C)CC2)C2CC2)nnc1-c1ccco1. The van der Waals surface area contributed by atoms with Gasteiger partial charge in [0.2, 0.25) is 11.7 Å². The molecule has 2 heterocycles. The monoisotopic (exact) mass is 400 g/mol. The lowest BCUT2D eigenvalue weighted by molar-refractivity contribution is -0.132. The Balaban J connectivity index is 1.44. The van der Waals surface area contributed by atoms with Crippen molar-refractivity contribution in [1.29, 1.82) is 0 Å². The number of carbonyl (C=O) groups excluding carboxylic acids is 1. The zero-order valence-corrected chi connectivity index (χ0v) is 17.2. The first kappa shape index (κ1) is 19.3. The minimum atomic E-state index is 0.236. The molecule has 2 fully saturated rings. The molecule has 0 N–H and O–H groups in total. The number of hydrogen-bond acceptors (Lipinski definition) is 5. The minimum absolute atomic E-state index is 0.236. The lowest BCUT2D eigenvalue weighted by Crippen LogP contribution is -2.44. The van der Waals surface area contributed by atoms with E-state index in [-0.39, 0.29) is 5.91 Å². The standard InChI is InChI=1S/C21H28N4O2S/c1-3-12-24-20(18-5-4-13-27-18)22-23-21(24)28-14-19(26)25(17-10-11-17)16-8-6-15(2)7-9-16/h3-5,13,15-17H,1,6-12,14H2,2H3. The van der Waals surface area contributed by atoms with E-state index in [9.17, 15) is 4.79 Å². The Morgan fingerprint density at radius 1 is 1.29 bits per heavy atom. The van der Waals surface area contributed by atoms with E-state index in [1.807, 2.05) is 16.7 Å². The summed E-state index contributed by atoms with van der Waals surface area (Å²) >= 11 is 1.46. The number of allylic oxidation sites excluding steroid dienone is 1. The zero-order chi connectivity index (χ0) is 19.5. The van der Waals surface area contributed by atoms with Gasteiger partial charge >= 0.3 is 0 Å². The Hall–Kier alpha value is -2.02. The second kappa shape index (κ2) is 8.55. The third-order valence-electron chi connectivity index (χ3n) is 5.70. The molecule has 0 bridgehead atoms. The van der Waals surface area contributed by atoms with Crippen LogP contribution in [0.5, 0.6) is 0 Å². The highest BCUT2D eigenvalue weighted by molar-refractivity contribution is 7.99. The second-order valence-corrected chi connectivity index (χ2v) is 8.86. The van der Waals surface area contributed by atoms with Crippen LogP contribution in [0.4, 0.5) is 0 Å². The molecule has 0 unspecified atom stereocenters. The highest BCUT2D eigenvalue weighted by Gasteiger charge is 2.38. The second-order valence-electron chi connectivity index (χ2n) is 7.92. The lowest BCUT2D eigenvalue weighted by Gasteiger charge is -2.36. The molecule has 0 saturated heterocycles. The molecule has 2 aliphatic carbocycles. The predicted octanol–water partition coefficient (Wildman–Crippen LogP) is 4.39. The van der Waals surface area contributed by atoms with Crippen LogP contribution >= 0.6 is 11.8 Å². The molecule has 2 aromatic rings. The van der Waals surface area contributed by atoms with Crippen molar-refractivity contribution in [3.63, 3.8) is 0 Å². The topological polar surface area (TPSA) is 64.2 Å². The maximum absolute atomic E-state index is 13.1. The van der Waals surface area contributed by atoms with Crippen molar-refractivity contribution >= 4 is 17.7 Å². The van der Waals surface area contributed by atoms with Crippen LogP contribution in [0.2, 0.25) is 0 Å². The van der Waals surface area contributed by atoms with Crippen LogP contribution in [0.15, 0.2) is 40.6 Å². The highest BCUT2D eigenvalue weighted by atomic mass is 32.2. The largest absolute Gasteiger partial charge is 0.461 e. The Labute approximate surface area is 170 Å².